The van der Waals surface area contributed by atoms with Gasteiger partial charge < -0.3 is 10.1 Å². The van der Waals surface area contributed by atoms with Crippen molar-refractivity contribution < 1.29 is 9.66 Å². The minimum Gasteiger partial charge on any atom is -0.381 e. The second-order valence-corrected chi connectivity index (χ2v) is 8.77. The molecule has 1 aliphatic rings. The molecule has 2 atom stereocenters. The van der Waals surface area contributed by atoms with E-state index in [9.17, 15) is 10.1 Å². The minimum absolute atomic E-state index is 0.173. The van der Waals surface area contributed by atoms with Crippen LogP contribution in [0.5, 0.6) is 0 Å². The molecule has 1 saturated heterocycles. The summed E-state index contributed by atoms with van der Waals surface area (Å²) in [7, 11) is 0. The number of ether oxygens (including phenoxy) is 1. The van der Waals surface area contributed by atoms with Crippen molar-refractivity contribution in [1.82, 2.24) is 5.32 Å². The Balaban J connectivity index is 1.72. The Morgan fingerprint density at radius 2 is 1.87 bits per heavy atom. The topological polar surface area (TPSA) is 64.4 Å². The number of aryl methyl sites for hydroxylation is 3. The lowest BCUT2D eigenvalue weighted by Gasteiger charge is -2.42. The number of rotatable bonds is 9. The van der Waals surface area contributed by atoms with Gasteiger partial charge in [-0.15, -0.1) is 0 Å². The zero-order chi connectivity index (χ0) is 21.6. The summed E-state index contributed by atoms with van der Waals surface area (Å²) in [5.41, 5.74) is 4.45. The molecule has 0 saturated carbocycles. The van der Waals surface area contributed by atoms with Crippen molar-refractivity contribution in [2.45, 2.75) is 58.9 Å². The molecule has 0 bridgehead atoms. The number of hydrogen-bond donors (Lipinski definition) is 1. The average Bonchev–Trinajstić information content (AvgIpc) is 2.71. The maximum absolute atomic E-state index is 11.3. The summed E-state index contributed by atoms with van der Waals surface area (Å²) < 4.78 is 5.94. The predicted octanol–water partition coefficient (Wildman–Crippen LogP) is 5.16. The van der Waals surface area contributed by atoms with Crippen LogP contribution in [0.1, 0.15) is 48.4 Å². The summed E-state index contributed by atoms with van der Waals surface area (Å²) in [4.78, 5) is 11.0. The molecule has 0 radical (unpaired) electrons. The van der Waals surface area contributed by atoms with Crippen LogP contribution < -0.4 is 5.32 Å². The summed E-state index contributed by atoms with van der Waals surface area (Å²) in [5, 5.41) is 15.0. The van der Waals surface area contributed by atoms with Crippen molar-refractivity contribution in [3.05, 3.63) is 74.8 Å². The van der Waals surface area contributed by atoms with Crippen molar-refractivity contribution in [3.8, 4) is 0 Å². The first-order valence-electron chi connectivity index (χ1n) is 11.0. The first-order chi connectivity index (χ1) is 14.4. The van der Waals surface area contributed by atoms with Gasteiger partial charge in [0.1, 0.15) is 0 Å². The van der Waals surface area contributed by atoms with Gasteiger partial charge >= 0.3 is 0 Å². The first-order valence-corrected chi connectivity index (χ1v) is 11.0. The molecule has 0 aromatic heterocycles. The summed E-state index contributed by atoms with van der Waals surface area (Å²) in [5.74, 6) is 0. The Kier molecular flexibility index (Phi) is 7.62. The maximum Gasteiger partial charge on any atom is 0.275 e. The highest BCUT2D eigenvalue weighted by molar-refractivity contribution is 5.49. The smallest absolute Gasteiger partial charge is 0.275 e. The van der Waals surface area contributed by atoms with Gasteiger partial charge in [-0.3, -0.25) is 10.1 Å². The van der Waals surface area contributed by atoms with Gasteiger partial charge in [-0.2, -0.15) is 0 Å². The molecule has 0 spiro atoms. The third kappa shape index (κ3) is 5.67. The molecule has 3 rings (SSSR count). The van der Waals surface area contributed by atoms with E-state index in [2.05, 4.69) is 42.6 Å². The summed E-state index contributed by atoms with van der Waals surface area (Å²) in [6, 6.07) is 15.0. The van der Waals surface area contributed by atoms with Crippen LogP contribution in [0.2, 0.25) is 0 Å². The zero-order valence-electron chi connectivity index (χ0n) is 18.4. The summed E-state index contributed by atoms with van der Waals surface area (Å²) in [6.07, 6.45) is 5.26. The molecule has 5 nitrogen and oxygen atoms in total. The van der Waals surface area contributed by atoms with Crippen molar-refractivity contribution in [2.24, 2.45) is 5.41 Å². The van der Waals surface area contributed by atoms with Crippen LogP contribution >= 0.6 is 0 Å². The highest BCUT2D eigenvalue weighted by atomic mass is 16.6. The fourth-order valence-corrected chi connectivity index (χ4v) is 4.92. The third-order valence-electron chi connectivity index (χ3n) is 6.38. The van der Waals surface area contributed by atoms with Gasteiger partial charge in [0.05, 0.1) is 11.5 Å². The van der Waals surface area contributed by atoms with Gasteiger partial charge in [0.15, 0.2) is 0 Å². The molecule has 0 aliphatic carbocycles. The molecule has 1 fully saturated rings. The van der Waals surface area contributed by atoms with E-state index in [1.165, 1.54) is 11.1 Å². The third-order valence-corrected chi connectivity index (χ3v) is 6.38. The van der Waals surface area contributed by atoms with Crippen molar-refractivity contribution >= 4 is 5.69 Å². The molecule has 1 N–H and O–H groups in total. The van der Waals surface area contributed by atoms with Gasteiger partial charge in [0.25, 0.3) is 5.69 Å². The van der Waals surface area contributed by atoms with Crippen LogP contribution in [-0.2, 0) is 17.6 Å². The fourth-order valence-electron chi connectivity index (χ4n) is 4.92. The zero-order valence-corrected chi connectivity index (χ0v) is 18.4. The van der Waals surface area contributed by atoms with Crippen molar-refractivity contribution in [2.75, 3.05) is 19.8 Å². The Hall–Kier alpha value is -2.24. The lowest BCUT2D eigenvalue weighted by Crippen LogP contribution is -2.47. The SMILES string of the molecule is CCOCC1(CCc2ccccc2)CCNC(Cc2cc(C)c([N+](=O)[O-])c(C)c2)C1. The van der Waals surface area contributed by atoms with E-state index in [4.69, 9.17) is 4.74 Å². The van der Waals surface area contributed by atoms with Crippen LogP contribution in [-0.4, -0.2) is 30.7 Å². The second kappa shape index (κ2) is 10.2. The van der Waals surface area contributed by atoms with E-state index in [1.54, 1.807) is 0 Å². The number of nitro groups is 1. The molecule has 2 unspecified atom stereocenters. The Morgan fingerprint density at radius 3 is 2.50 bits per heavy atom. The Labute approximate surface area is 180 Å². The lowest BCUT2D eigenvalue weighted by atomic mass is 9.72. The van der Waals surface area contributed by atoms with Gasteiger partial charge in [-0.25, -0.2) is 0 Å². The lowest BCUT2D eigenvalue weighted by molar-refractivity contribution is -0.386. The van der Waals surface area contributed by atoms with Crippen LogP contribution in [0, 0.1) is 29.4 Å². The van der Waals surface area contributed by atoms with Gasteiger partial charge in [0, 0.05) is 23.8 Å². The van der Waals surface area contributed by atoms with E-state index in [0.717, 1.165) is 63.0 Å². The van der Waals surface area contributed by atoms with E-state index in [-0.39, 0.29) is 16.0 Å². The quantitative estimate of drug-likeness (QED) is 0.458. The monoisotopic (exact) mass is 410 g/mol. The molecule has 1 heterocycles. The second-order valence-electron chi connectivity index (χ2n) is 8.77. The van der Waals surface area contributed by atoms with E-state index in [1.807, 2.05) is 26.0 Å². The number of piperidine rings is 1. The Bertz CT molecular complexity index is 830. The van der Waals surface area contributed by atoms with Gasteiger partial charge in [-0.1, -0.05) is 30.3 Å². The molecule has 162 valence electrons. The summed E-state index contributed by atoms with van der Waals surface area (Å²) in [6.45, 7) is 8.26. The highest BCUT2D eigenvalue weighted by Crippen LogP contribution is 2.38. The number of nitro benzene ring substituents is 1. The fraction of sp³-hybridized carbons (Fsp3) is 0.520. The van der Waals surface area contributed by atoms with E-state index >= 15 is 0 Å². The first kappa shape index (κ1) is 22.4. The van der Waals surface area contributed by atoms with E-state index < -0.39 is 0 Å². The maximum atomic E-state index is 11.3. The average molecular weight is 411 g/mol. The molecular weight excluding hydrogens is 376 g/mol. The largest absolute Gasteiger partial charge is 0.381 e. The summed E-state index contributed by atoms with van der Waals surface area (Å²) >= 11 is 0. The van der Waals surface area contributed by atoms with Crippen LogP contribution in [0.4, 0.5) is 5.69 Å². The number of hydrogen-bond acceptors (Lipinski definition) is 4. The normalized spacial score (nSPS) is 21.5. The van der Waals surface area contributed by atoms with Gasteiger partial charge in [-0.05, 0) is 88.1 Å². The predicted molar refractivity (Wildman–Crippen MR) is 121 cm³/mol. The van der Waals surface area contributed by atoms with Gasteiger partial charge in [0.2, 0.25) is 0 Å². The molecule has 30 heavy (non-hydrogen) atoms. The molecule has 0 amide bonds. The van der Waals surface area contributed by atoms with Crippen LogP contribution in [0.3, 0.4) is 0 Å². The molecule has 1 aliphatic heterocycles. The molecule has 2 aromatic rings. The van der Waals surface area contributed by atoms with E-state index in [0.29, 0.717) is 6.04 Å². The standard InChI is InChI=1S/C25H34N2O3/c1-4-30-18-25(11-10-21-8-6-5-7-9-21)12-13-26-23(17-25)16-22-14-19(2)24(27(28)29)20(3)15-22/h5-9,14-15,23,26H,4,10-13,16-18H2,1-3H3. The van der Waals surface area contributed by atoms with Crippen LogP contribution in [0.15, 0.2) is 42.5 Å². The Morgan fingerprint density at radius 1 is 1.17 bits per heavy atom. The number of benzene rings is 2. The number of nitrogens with one attached hydrogen (secondary N) is 1. The molecular formula is C25H34N2O3. The minimum atomic E-state index is -0.274. The van der Waals surface area contributed by atoms with Crippen molar-refractivity contribution in [1.29, 1.82) is 0 Å². The highest BCUT2D eigenvalue weighted by Gasteiger charge is 2.36. The van der Waals surface area contributed by atoms with Crippen molar-refractivity contribution in [3.63, 3.8) is 0 Å². The molecule has 2 aromatic carbocycles. The van der Waals surface area contributed by atoms with Crippen LogP contribution in [0.25, 0.3) is 0 Å². The number of nitrogens with zero attached hydrogens (tertiary/aromatic N) is 1. The molecule has 5 heteroatoms.